The van der Waals surface area contributed by atoms with E-state index in [1.807, 2.05) is 13.2 Å². The molecular weight excluding hydrogens is 288 g/mol. The average Bonchev–Trinajstić information content (AvgIpc) is 2.71. The Balaban J connectivity index is 2.52. The molecule has 122 valence electrons. The van der Waals surface area contributed by atoms with Crippen LogP contribution < -0.4 is 10.6 Å². The van der Waals surface area contributed by atoms with Crippen molar-refractivity contribution in [3.8, 4) is 0 Å². The number of rotatable bonds is 7. The van der Waals surface area contributed by atoms with Crippen LogP contribution >= 0.6 is 11.8 Å². The van der Waals surface area contributed by atoms with Gasteiger partial charge in [-0.3, -0.25) is 4.79 Å². The smallest absolute Gasteiger partial charge is 0.315 e. The van der Waals surface area contributed by atoms with Gasteiger partial charge in [0.05, 0.1) is 5.41 Å². The second-order valence-electron chi connectivity index (χ2n) is 5.89. The van der Waals surface area contributed by atoms with Gasteiger partial charge in [-0.1, -0.05) is 32.6 Å². The number of hydrogen-bond acceptors (Lipinski definition) is 3. The predicted molar refractivity (Wildman–Crippen MR) is 86.8 cm³/mol. The Hall–Kier alpha value is -0.910. The number of amides is 2. The Bertz CT molecular complexity index is 342. The quantitative estimate of drug-likeness (QED) is 0.631. The van der Waals surface area contributed by atoms with Crippen LogP contribution in [0.15, 0.2) is 0 Å². The van der Waals surface area contributed by atoms with Gasteiger partial charge in [0, 0.05) is 18.3 Å². The zero-order valence-electron chi connectivity index (χ0n) is 13.1. The number of nitrogens with one attached hydrogen (secondary N) is 2. The van der Waals surface area contributed by atoms with Crippen LogP contribution in [0.2, 0.25) is 0 Å². The fraction of sp³-hybridized carbons (Fsp3) is 0.867. The van der Waals surface area contributed by atoms with Crippen LogP contribution in [0.25, 0.3) is 0 Å². The van der Waals surface area contributed by atoms with Gasteiger partial charge in [-0.15, -0.1) is 0 Å². The monoisotopic (exact) mass is 316 g/mol. The third kappa shape index (κ3) is 5.77. The summed E-state index contributed by atoms with van der Waals surface area (Å²) in [6.07, 6.45) is 8.24. The Morgan fingerprint density at radius 3 is 2.33 bits per heavy atom. The van der Waals surface area contributed by atoms with Crippen LogP contribution in [0.1, 0.15) is 51.9 Å². The van der Waals surface area contributed by atoms with E-state index in [0.29, 0.717) is 12.8 Å². The lowest BCUT2D eigenvalue weighted by molar-refractivity contribution is -0.149. The SMILES string of the molecule is CCC(CSC)NC(=O)NCC1(C(=O)O)CCCCCC1. The average molecular weight is 316 g/mol. The number of carboxylic acid groups (broad SMARTS) is 1. The highest BCUT2D eigenvalue weighted by Gasteiger charge is 2.38. The van der Waals surface area contributed by atoms with Crippen LogP contribution in [0.3, 0.4) is 0 Å². The molecule has 6 heteroatoms. The van der Waals surface area contributed by atoms with Crippen molar-refractivity contribution in [2.45, 2.75) is 57.9 Å². The van der Waals surface area contributed by atoms with Crippen molar-refractivity contribution in [3.63, 3.8) is 0 Å². The number of carbonyl (C=O) groups excluding carboxylic acids is 1. The second-order valence-corrected chi connectivity index (χ2v) is 6.80. The van der Waals surface area contributed by atoms with Crippen LogP contribution in [0, 0.1) is 5.41 Å². The summed E-state index contributed by atoms with van der Waals surface area (Å²) in [6.45, 7) is 2.26. The van der Waals surface area contributed by atoms with Crippen molar-refractivity contribution in [1.82, 2.24) is 10.6 Å². The van der Waals surface area contributed by atoms with E-state index in [9.17, 15) is 14.7 Å². The Labute approximate surface area is 131 Å². The Kier molecular flexibility index (Phi) is 7.93. The molecule has 0 aliphatic heterocycles. The van der Waals surface area contributed by atoms with Crippen molar-refractivity contribution in [2.75, 3.05) is 18.6 Å². The molecule has 1 atom stereocenters. The Morgan fingerprint density at radius 1 is 1.24 bits per heavy atom. The summed E-state index contributed by atoms with van der Waals surface area (Å²) in [4.78, 5) is 23.6. The number of carbonyl (C=O) groups is 2. The zero-order chi connectivity index (χ0) is 15.7. The molecule has 0 aromatic carbocycles. The third-order valence-electron chi connectivity index (χ3n) is 4.30. The molecule has 5 nitrogen and oxygen atoms in total. The Morgan fingerprint density at radius 2 is 1.86 bits per heavy atom. The van der Waals surface area contributed by atoms with Crippen molar-refractivity contribution in [3.05, 3.63) is 0 Å². The fourth-order valence-corrected chi connectivity index (χ4v) is 3.54. The topological polar surface area (TPSA) is 78.4 Å². The molecule has 2 amide bonds. The van der Waals surface area contributed by atoms with Gasteiger partial charge in [-0.2, -0.15) is 11.8 Å². The first-order valence-corrected chi connectivity index (χ1v) is 9.20. The predicted octanol–water partition coefficient (Wildman–Crippen LogP) is 2.85. The first kappa shape index (κ1) is 18.1. The number of thioether (sulfide) groups is 1. The van der Waals surface area contributed by atoms with Gasteiger partial charge >= 0.3 is 12.0 Å². The molecule has 3 N–H and O–H groups in total. The fourth-order valence-electron chi connectivity index (χ4n) is 2.82. The molecule has 0 heterocycles. The molecule has 1 fully saturated rings. The highest BCUT2D eigenvalue weighted by molar-refractivity contribution is 7.98. The largest absolute Gasteiger partial charge is 0.481 e. The second kappa shape index (κ2) is 9.18. The molecule has 1 aliphatic rings. The van der Waals surface area contributed by atoms with Crippen LogP contribution in [-0.4, -0.2) is 41.7 Å². The van der Waals surface area contributed by atoms with E-state index in [4.69, 9.17) is 0 Å². The lowest BCUT2D eigenvalue weighted by atomic mass is 9.80. The molecule has 1 unspecified atom stereocenters. The molecule has 21 heavy (non-hydrogen) atoms. The molecule has 0 radical (unpaired) electrons. The summed E-state index contributed by atoms with van der Waals surface area (Å²) in [7, 11) is 0. The van der Waals surface area contributed by atoms with E-state index in [0.717, 1.165) is 37.9 Å². The highest BCUT2D eigenvalue weighted by Crippen LogP contribution is 2.34. The van der Waals surface area contributed by atoms with E-state index < -0.39 is 11.4 Å². The van der Waals surface area contributed by atoms with Crippen LogP contribution in [-0.2, 0) is 4.79 Å². The van der Waals surface area contributed by atoms with Gasteiger partial charge < -0.3 is 15.7 Å². The number of aliphatic carboxylic acids is 1. The molecule has 1 saturated carbocycles. The van der Waals surface area contributed by atoms with E-state index in [1.54, 1.807) is 11.8 Å². The molecule has 0 saturated heterocycles. The van der Waals surface area contributed by atoms with Crippen molar-refractivity contribution < 1.29 is 14.7 Å². The lowest BCUT2D eigenvalue weighted by Crippen LogP contribution is -2.49. The summed E-state index contributed by atoms with van der Waals surface area (Å²) >= 11 is 1.69. The van der Waals surface area contributed by atoms with E-state index in [1.165, 1.54) is 0 Å². The number of urea groups is 1. The van der Waals surface area contributed by atoms with Crippen molar-refractivity contribution in [1.29, 1.82) is 0 Å². The molecular formula is C15H28N2O3S. The number of hydrogen-bond donors (Lipinski definition) is 3. The van der Waals surface area contributed by atoms with Crippen molar-refractivity contribution >= 4 is 23.8 Å². The van der Waals surface area contributed by atoms with E-state index >= 15 is 0 Å². The maximum atomic E-state index is 12.0. The number of carboxylic acids is 1. The standard InChI is InChI=1S/C15H28N2O3S/c1-3-12(10-21-2)17-14(20)16-11-15(13(18)19)8-6-4-5-7-9-15/h12H,3-11H2,1-2H3,(H,18,19)(H2,16,17,20). The lowest BCUT2D eigenvalue weighted by Gasteiger charge is -2.28. The summed E-state index contributed by atoms with van der Waals surface area (Å²) < 4.78 is 0. The minimum Gasteiger partial charge on any atom is -0.481 e. The van der Waals surface area contributed by atoms with Gasteiger partial charge in [0.1, 0.15) is 0 Å². The normalized spacial score (nSPS) is 19.3. The van der Waals surface area contributed by atoms with Crippen molar-refractivity contribution in [2.24, 2.45) is 5.41 Å². The van der Waals surface area contributed by atoms with E-state index in [-0.39, 0.29) is 18.6 Å². The van der Waals surface area contributed by atoms with Gasteiger partial charge in [0.15, 0.2) is 0 Å². The van der Waals surface area contributed by atoms with Gasteiger partial charge in [-0.25, -0.2) is 4.79 Å². The molecule has 1 rings (SSSR count). The molecule has 0 aromatic rings. The zero-order valence-corrected chi connectivity index (χ0v) is 13.9. The van der Waals surface area contributed by atoms with E-state index in [2.05, 4.69) is 10.6 Å². The molecule has 0 spiro atoms. The summed E-state index contributed by atoms with van der Waals surface area (Å²) in [6, 6.07) is -0.115. The first-order chi connectivity index (χ1) is 10.0. The summed E-state index contributed by atoms with van der Waals surface area (Å²) in [5.74, 6) is 0.0921. The maximum Gasteiger partial charge on any atom is 0.315 e. The summed E-state index contributed by atoms with van der Waals surface area (Å²) in [5.41, 5.74) is -0.783. The van der Waals surface area contributed by atoms with Gasteiger partial charge in [0.25, 0.3) is 0 Å². The van der Waals surface area contributed by atoms with Gasteiger partial charge in [0.2, 0.25) is 0 Å². The minimum absolute atomic E-state index is 0.134. The van der Waals surface area contributed by atoms with Crippen LogP contribution in [0.5, 0.6) is 0 Å². The third-order valence-corrected chi connectivity index (χ3v) is 5.03. The molecule has 0 aromatic heterocycles. The maximum absolute atomic E-state index is 12.0. The molecule has 0 bridgehead atoms. The van der Waals surface area contributed by atoms with Crippen LogP contribution in [0.4, 0.5) is 4.79 Å². The molecule has 1 aliphatic carbocycles. The van der Waals surface area contributed by atoms with Gasteiger partial charge in [-0.05, 0) is 25.5 Å². The first-order valence-electron chi connectivity index (χ1n) is 7.81. The summed E-state index contributed by atoms with van der Waals surface area (Å²) in [5, 5.41) is 15.3. The minimum atomic E-state index is -0.783. The highest BCUT2D eigenvalue weighted by atomic mass is 32.2.